The Morgan fingerprint density at radius 2 is 1.96 bits per heavy atom. The summed E-state index contributed by atoms with van der Waals surface area (Å²) in [6, 6.07) is 7.93. The highest BCUT2D eigenvalue weighted by Crippen LogP contribution is 2.19. The molecule has 1 atom stereocenters. The van der Waals surface area contributed by atoms with Gasteiger partial charge in [0.1, 0.15) is 0 Å². The van der Waals surface area contributed by atoms with Gasteiger partial charge in [-0.05, 0) is 38.8 Å². The first-order valence-corrected chi connectivity index (χ1v) is 8.44. The number of carboxylic acid groups (broad SMARTS) is 1. The Morgan fingerprint density at radius 3 is 2.64 bits per heavy atom. The molecule has 0 saturated carbocycles. The fourth-order valence-electron chi connectivity index (χ4n) is 3.12. The fourth-order valence-corrected chi connectivity index (χ4v) is 3.12. The maximum absolute atomic E-state index is 12.5. The molecule has 0 radical (unpaired) electrons. The second kappa shape index (κ2) is 7.04. The van der Waals surface area contributed by atoms with E-state index in [4.69, 9.17) is 5.11 Å². The highest BCUT2D eigenvalue weighted by atomic mass is 16.4. The third kappa shape index (κ3) is 3.70. The summed E-state index contributed by atoms with van der Waals surface area (Å²) in [5.41, 5.74) is 3.51. The van der Waals surface area contributed by atoms with Crippen molar-refractivity contribution in [2.24, 2.45) is 5.92 Å². The summed E-state index contributed by atoms with van der Waals surface area (Å²) >= 11 is 0. The monoisotopic (exact) mass is 342 g/mol. The van der Waals surface area contributed by atoms with Gasteiger partial charge in [-0.25, -0.2) is 4.68 Å². The van der Waals surface area contributed by atoms with Gasteiger partial charge in [-0.3, -0.25) is 9.59 Å². The van der Waals surface area contributed by atoms with Gasteiger partial charge >= 0.3 is 5.97 Å². The van der Waals surface area contributed by atoms with E-state index in [2.05, 4.69) is 10.3 Å². The number of aryl methyl sites for hydroxylation is 1. The van der Waals surface area contributed by atoms with E-state index in [1.807, 2.05) is 38.1 Å². The normalized spacial score (nSPS) is 17.5. The maximum atomic E-state index is 12.5. The van der Waals surface area contributed by atoms with Gasteiger partial charge in [0, 0.05) is 13.1 Å². The second-order valence-electron chi connectivity index (χ2n) is 6.56. The van der Waals surface area contributed by atoms with Crippen LogP contribution in [0.4, 0.5) is 0 Å². The Labute approximate surface area is 146 Å². The Kier molecular flexibility index (Phi) is 4.83. The zero-order chi connectivity index (χ0) is 18.0. The van der Waals surface area contributed by atoms with E-state index in [1.165, 1.54) is 0 Å². The van der Waals surface area contributed by atoms with E-state index >= 15 is 0 Å². The van der Waals surface area contributed by atoms with Gasteiger partial charge in [-0.1, -0.05) is 22.9 Å². The van der Waals surface area contributed by atoms with Crippen LogP contribution in [0, 0.1) is 19.8 Å². The van der Waals surface area contributed by atoms with Gasteiger partial charge < -0.3 is 10.0 Å². The van der Waals surface area contributed by atoms with E-state index in [9.17, 15) is 9.59 Å². The van der Waals surface area contributed by atoms with Crippen molar-refractivity contribution in [1.29, 1.82) is 0 Å². The van der Waals surface area contributed by atoms with Crippen LogP contribution in [0.1, 0.15) is 29.8 Å². The van der Waals surface area contributed by atoms with Crippen molar-refractivity contribution in [3.63, 3.8) is 0 Å². The summed E-state index contributed by atoms with van der Waals surface area (Å²) in [7, 11) is 0. The molecule has 2 aromatic rings. The molecule has 132 valence electrons. The summed E-state index contributed by atoms with van der Waals surface area (Å²) in [5, 5.41) is 17.5. The lowest BCUT2D eigenvalue weighted by Crippen LogP contribution is -2.43. The Bertz CT molecular complexity index is 782. The number of amides is 1. The number of piperidine rings is 1. The number of likely N-dealkylation sites (tertiary alicyclic amines) is 1. The third-order valence-corrected chi connectivity index (χ3v) is 4.71. The predicted octanol–water partition coefficient (Wildman–Crippen LogP) is 1.75. The largest absolute Gasteiger partial charge is 0.481 e. The van der Waals surface area contributed by atoms with Gasteiger partial charge in [0.25, 0.3) is 0 Å². The van der Waals surface area contributed by atoms with Crippen LogP contribution in [-0.2, 0) is 16.0 Å². The smallest absolute Gasteiger partial charge is 0.308 e. The molecule has 1 aliphatic rings. The summed E-state index contributed by atoms with van der Waals surface area (Å²) in [5.74, 6) is -1.40. The number of rotatable bonds is 4. The topological polar surface area (TPSA) is 88.3 Å². The molecule has 1 fully saturated rings. The molecule has 1 saturated heterocycles. The number of nitrogens with zero attached hydrogens (tertiary/aromatic N) is 4. The second-order valence-corrected chi connectivity index (χ2v) is 6.56. The minimum atomic E-state index is -0.834. The van der Waals surface area contributed by atoms with Crippen molar-refractivity contribution in [3.05, 3.63) is 41.2 Å². The number of benzene rings is 1. The summed E-state index contributed by atoms with van der Waals surface area (Å²) in [4.78, 5) is 25.3. The molecule has 25 heavy (non-hydrogen) atoms. The molecule has 3 rings (SSSR count). The van der Waals surface area contributed by atoms with Crippen molar-refractivity contribution in [2.45, 2.75) is 33.1 Å². The van der Waals surface area contributed by atoms with E-state index in [0.717, 1.165) is 23.4 Å². The van der Waals surface area contributed by atoms with Gasteiger partial charge in [0.15, 0.2) is 0 Å². The lowest BCUT2D eigenvalue weighted by Gasteiger charge is -2.30. The van der Waals surface area contributed by atoms with Crippen LogP contribution in [0.15, 0.2) is 24.3 Å². The minimum Gasteiger partial charge on any atom is -0.481 e. The maximum Gasteiger partial charge on any atom is 0.308 e. The van der Waals surface area contributed by atoms with Crippen molar-refractivity contribution < 1.29 is 14.7 Å². The number of carboxylic acids is 1. The average Bonchev–Trinajstić information content (AvgIpc) is 2.96. The first kappa shape index (κ1) is 17.1. The van der Waals surface area contributed by atoms with E-state index < -0.39 is 11.9 Å². The molecule has 0 aliphatic carbocycles. The summed E-state index contributed by atoms with van der Waals surface area (Å²) in [6.07, 6.45) is 1.49. The molecule has 7 heteroatoms. The van der Waals surface area contributed by atoms with Crippen LogP contribution in [0.5, 0.6) is 0 Å². The van der Waals surface area contributed by atoms with E-state index in [0.29, 0.717) is 18.7 Å². The average molecular weight is 342 g/mol. The molecule has 1 amide bonds. The zero-order valence-corrected chi connectivity index (χ0v) is 14.5. The summed E-state index contributed by atoms with van der Waals surface area (Å²) < 4.78 is 1.72. The molecule has 0 spiro atoms. The number of carbonyl (C=O) groups is 2. The first-order chi connectivity index (χ1) is 12.0. The molecular weight excluding hydrogens is 320 g/mol. The van der Waals surface area contributed by atoms with Gasteiger partial charge in [-0.15, -0.1) is 5.10 Å². The Morgan fingerprint density at radius 1 is 1.24 bits per heavy atom. The molecule has 1 aromatic heterocycles. The van der Waals surface area contributed by atoms with Crippen LogP contribution in [-0.4, -0.2) is 50.0 Å². The van der Waals surface area contributed by atoms with Crippen LogP contribution < -0.4 is 0 Å². The Hall–Kier alpha value is -2.70. The zero-order valence-electron chi connectivity index (χ0n) is 14.5. The van der Waals surface area contributed by atoms with Crippen molar-refractivity contribution in [1.82, 2.24) is 19.9 Å². The molecule has 1 aliphatic heterocycles. The highest BCUT2D eigenvalue weighted by Gasteiger charge is 2.28. The molecule has 2 heterocycles. The number of hydrogen-bond acceptors (Lipinski definition) is 4. The lowest BCUT2D eigenvalue weighted by molar-refractivity contribution is -0.145. The summed E-state index contributed by atoms with van der Waals surface area (Å²) in [6.45, 7) is 4.79. The van der Waals surface area contributed by atoms with Crippen LogP contribution >= 0.6 is 0 Å². The van der Waals surface area contributed by atoms with Crippen LogP contribution in [0.25, 0.3) is 5.69 Å². The van der Waals surface area contributed by atoms with Crippen molar-refractivity contribution >= 4 is 11.9 Å². The molecule has 1 aromatic carbocycles. The predicted molar refractivity (Wildman–Crippen MR) is 91.5 cm³/mol. The molecule has 0 bridgehead atoms. The van der Waals surface area contributed by atoms with Gasteiger partial charge in [0.05, 0.1) is 29.4 Å². The Balaban J connectivity index is 1.72. The quantitative estimate of drug-likeness (QED) is 0.914. The van der Waals surface area contributed by atoms with Gasteiger partial charge in [0.2, 0.25) is 5.91 Å². The highest BCUT2D eigenvalue weighted by molar-refractivity contribution is 5.80. The SMILES string of the molecule is Cc1ccc(-n2nnc(CC(=O)N3CCC[C@H](C(=O)O)C3)c2C)cc1. The number of hydrogen-bond donors (Lipinski definition) is 1. The molecular formula is C18H22N4O3. The van der Waals surface area contributed by atoms with E-state index in [1.54, 1.807) is 9.58 Å². The minimum absolute atomic E-state index is 0.0926. The van der Waals surface area contributed by atoms with Crippen molar-refractivity contribution in [3.8, 4) is 5.69 Å². The van der Waals surface area contributed by atoms with Gasteiger partial charge in [-0.2, -0.15) is 0 Å². The molecule has 7 nitrogen and oxygen atoms in total. The van der Waals surface area contributed by atoms with Crippen LogP contribution in [0.3, 0.4) is 0 Å². The number of carbonyl (C=O) groups excluding carboxylic acids is 1. The molecule has 0 unspecified atom stereocenters. The standard InChI is InChI=1S/C18H22N4O3/c1-12-5-7-15(8-6-12)22-13(2)16(19-20-22)10-17(23)21-9-3-4-14(11-21)18(24)25/h5-8,14H,3-4,9-11H2,1-2H3,(H,24,25)/t14-/m0/s1. The van der Waals surface area contributed by atoms with E-state index in [-0.39, 0.29) is 18.9 Å². The molecule has 1 N–H and O–H groups in total. The first-order valence-electron chi connectivity index (χ1n) is 8.44. The lowest BCUT2D eigenvalue weighted by atomic mass is 9.98. The fraction of sp³-hybridized carbons (Fsp3) is 0.444. The van der Waals surface area contributed by atoms with Crippen LogP contribution in [0.2, 0.25) is 0 Å². The third-order valence-electron chi connectivity index (χ3n) is 4.71. The van der Waals surface area contributed by atoms with Crippen molar-refractivity contribution in [2.75, 3.05) is 13.1 Å². The number of aromatic nitrogens is 3. The number of aliphatic carboxylic acids is 1.